The van der Waals surface area contributed by atoms with Crippen molar-refractivity contribution in [2.45, 2.75) is 25.7 Å². The number of imidazole rings is 1. The Morgan fingerprint density at radius 3 is 2.83 bits per heavy atom. The van der Waals surface area contributed by atoms with Crippen LogP contribution in [0.2, 0.25) is 0 Å². The van der Waals surface area contributed by atoms with Gasteiger partial charge in [-0.25, -0.2) is 4.98 Å². The number of pyridine rings is 1. The number of piperidine rings is 1. The minimum absolute atomic E-state index is 0.249. The number of aliphatic hydroxyl groups is 1. The maximum absolute atomic E-state index is 9.12. The molecule has 1 saturated heterocycles. The lowest BCUT2D eigenvalue weighted by Gasteiger charge is -2.32. The quantitative estimate of drug-likeness (QED) is 0.738. The van der Waals surface area contributed by atoms with Crippen LogP contribution in [0.3, 0.4) is 0 Å². The average Bonchev–Trinajstić information content (AvgIpc) is 3.13. The monoisotopic (exact) mass is 389 g/mol. The number of aromatic nitrogens is 2. The number of benzene rings is 1. The number of rotatable bonds is 4. The first kappa shape index (κ1) is 18.4. The van der Waals surface area contributed by atoms with Crippen LogP contribution in [0.25, 0.3) is 17.3 Å². The predicted molar refractivity (Wildman–Crippen MR) is 115 cm³/mol. The second-order valence-corrected chi connectivity index (χ2v) is 8.16. The standard InChI is InChI=1S/C24H27N3O2/c1-17-14-27-15-21(4-5-24(27)25-17)22-12-20-3-2-19(13-23(20)29-16-22)18-6-8-26(9-7-18)10-11-28/h2-5,12-15,18,28H,6-11,16H2,1H3. The number of ether oxygens (including phenoxy) is 1. The molecule has 0 aliphatic carbocycles. The lowest BCUT2D eigenvalue weighted by atomic mass is 9.88. The molecule has 0 spiro atoms. The number of hydrogen-bond donors (Lipinski definition) is 1. The summed E-state index contributed by atoms with van der Waals surface area (Å²) in [7, 11) is 0. The first-order chi connectivity index (χ1) is 14.2. The van der Waals surface area contributed by atoms with Crippen molar-refractivity contribution in [2.75, 3.05) is 32.8 Å². The first-order valence-electron chi connectivity index (χ1n) is 10.5. The van der Waals surface area contributed by atoms with E-state index in [9.17, 15) is 0 Å². The maximum Gasteiger partial charge on any atom is 0.136 e. The number of fused-ring (bicyclic) bond motifs is 2. The van der Waals surface area contributed by atoms with Crippen LogP contribution in [0.4, 0.5) is 0 Å². The van der Waals surface area contributed by atoms with Gasteiger partial charge < -0.3 is 19.1 Å². The fourth-order valence-electron chi connectivity index (χ4n) is 4.54. The Hall–Kier alpha value is -2.63. The van der Waals surface area contributed by atoms with E-state index in [0.717, 1.165) is 55.1 Å². The molecule has 29 heavy (non-hydrogen) atoms. The van der Waals surface area contributed by atoms with E-state index in [1.54, 1.807) is 0 Å². The molecule has 0 unspecified atom stereocenters. The van der Waals surface area contributed by atoms with E-state index in [1.165, 1.54) is 16.7 Å². The highest BCUT2D eigenvalue weighted by molar-refractivity contribution is 5.85. The normalized spacial score (nSPS) is 17.8. The van der Waals surface area contributed by atoms with Crippen LogP contribution in [-0.2, 0) is 0 Å². The third kappa shape index (κ3) is 3.68. The molecule has 5 nitrogen and oxygen atoms in total. The fraction of sp³-hybridized carbons (Fsp3) is 0.375. The van der Waals surface area contributed by atoms with Gasteiger partial charge in [0.05, 0.1) is 12.3 Å². The zero-order valence-corrected chi connectivity index (χ0v) is 16.8. The van der Waals surface area contributed by atoms with Gasteiger partial charge in [-0.1, -0.05) is 12.1 Å². The number of hydrogen-bond acceptors (Lipinski definition) is 4. The third-order valence-electron chi connectivity index (χ3n) is 6.17. The zero-order valence-electron chi connectivity index (χ0n) is 16.8. The molecule has 0 saturated carbocycles. The lowest BCUT2D eigenvalue weighted by molar-refractivity contribution is 0.164. The molecule has 2 aromatic heterocycles. The molecule has 3 aromatic rings. The molecule has 1 fully saturated rings. The Labute approximate surface area is 171 Å². The number of aliphatic hydroxyl groups excluding tert-OH is 1. The Balaban J connectivity index is 1.36. The van der Waals surface area contributed by atoms with Gasteiger partial charge in [-0.15, -0.1) is 0 Å². The minimum atomic E-state index is 0.249. The number of β-amino-alcohol motifs (C(OH)–C–C–N with tert-alkyl or cyclic N) is 1. The van der Waals surface area contributed by atoms with Crippen molar-refractivity contribution >= 4 is 17.3 Å². The third-order valence-corrected chi connectivity index (χ3v) is 6.17. The summed E-state index contributed by atoms with van der Waals surface area (Å²) in [5.41, 5.74) is 6.88. The Kier molecular flexibility index (Phi) is 4.86. The smallest absolute Gasteiger partial charge is 0.136 e. The van der Waals surface area contributed by atoms with Gasteiger partial charge in [0.25, 0.3) is 0 Å². The Morgan fingerprint density at radius 2 is 2.00 bits per heavy atom. The van der Waals surface area contributed by atoms with Crippen molar-refractivity contribution in [3.8, 4) is 5.75 Å². The fourth-order valence-corrected chi connectivity index (χ4v) is 4.54. The molecule has 0 radical (unpaired) electrons. The van der Waals surface area contributed by atoms with E-state index < -0.39 is 0 Å². The van der Waals surface area contributed by atoms with Crippen LogP contribution in [0.5, 0.6) is 5.75 Å². The van der Waals surface area contributed by atoms with Gasteiger partial charge >= 0.3 is 0 Å². The predicted octanol–water partition coefficient (Wildman–Crippen LogP) is 3.75. The summed E-state index contributed by atoms with van der Waals surface area (Å²) in [4.78, 5) is 6.85. The molecule has 0 bridgehead atoms. The first-order valence-corrected chi connectivity index (χ1v) is 10.5. The lowest BCUT2D eigenvalue weighted by Crippen LogP contribution is -2.34. The van der Waals surface area contributed by atoms with Crippen molar-refractivity contribution < 1.29 is 9.84 Å². The van der Waals surface area contributed by atoms with Crippen molar-refractivity contribution in [1.29, 1.82) is 0 Å². The molecule has 1 N–H and O–H groups in total. The van der Waals surface area contributed by atoms with E-state index in [4.69, 9.17) is 9.84 Å². The molecule has 2 aliphatic rings. The molecule has 5 heteroatoms. The summed E-state index contributed by atoms with van der Waals surface area (Å²) in [5, 5.41) is 9.12. The van der Waals surface area contributed by atoms with Gasteiger partial charge in [-0.3, -0.25) is 0 Å². The molecule has 2 aliphatic heterocycles. The highest BCUT2D eigenvalue weighted by Crippen LogP contribution is 2.36. The summed E-state index contributed by atoms with van der Waals surface area (Å²) < 4.78 is 8.24. The molecule has 5 rings (SSSR count). The molecule has 0 atom stereocenters. The van der Waals surface area contributed by atoms with Gasteiger partial charge in [0.1, 0.15) is 18.0 Å². The van der Waals surface area contributed by atoms with E-state index in [-0.39, 0.29) is 6.61 Å². The topological polar surface area (TPSA) is 50.0 Å². The number of nitrogens with zero attached hydrogens (tertiary/aromatic N) is 3. The maximum atomic E-state index is 9.12. The van der Waals surface area contributed by atoms with Crippen molar-refractivity contribution in [2.24, 2.45) is 0 Å². The summed E-state index contributed by atoms with van der Waals surface area (Å²) >= 11 is 0. The van der Waals surface area contributed by atoms with E-state index in [1.807, 2.05) is 6.92 Å². The van der Waals surface area contributed by atoms with Gasteiger partial charge in [0.15, 0.2) is 0 Å². The average molecular weight is 389 g/mol. The van der Waals surface area contributed by atoms with Crippen LogP contribution in [0.1, 0.15) is 41.1 Å². The second-order valence-electron chi connectivity index (χ2n) is 8.16. The van der Waals surface area contributed by atoms with Crippen molar-refractivity contribution in [3.05, 3.63) is 65.1 Å². The second kappa shape index (κ2) is 7.65. The van der Waals surface area contributed by atoms with E-state index in [0.29, 0.717) is 12.5 Å². The molecular formula is C24H27N3O2. The summed E-state index contributed by atoms with van der Waals surface area (Å²) in [6, 6.07) is 10.9. The zero-order chi connectivity index (χ0) is 19.8. The van der Waals surface area contributed by atoms with Gasteiger partial charge in [0.2, 0.25) is 0 Å². The molecule has 4 heterocycles. The van der Waals surface area contributed by atoms with Crippen molar-refractivity contribution in [3.63, 3.8) is 0 Å². The highest BCUT2D eigenvalue weighted by Gasteiger charge is 2.22. The van der Waals surface area contributed by atoms with Crippen LogP contribution in [0.15, 0.2) is 42.7 Å². The summed E-state index contributed by atoms with van der Waals surface area (Å²) in [6.45, 7) is 5.76. The summed E-state index contributed by atoms with van der Waals surface area (Å²) in [6.07, 6.45) is 8.71. The Morgan fingerprint density at radius 1 is 1.14 bits per heavy atom. The Bertz CT molecular complexity index is 1060. The summed E-state index contributed by atoms with van der Waals surface area (Å²) in [5.74, 6) is 1.57. The van der Waals surface area contributed by atoms with Gasteiger partial charge in [0, 0.05) is 24.5 Å². The molecular weight excluding hydrogens is 362 g/mol. The van der Waals surface area contributed by atoms with Crippen LogP contribution >= 0.6 is 0 Å². The molecule has 150 valence electrons. The van der Waals surface area contributed by atoms with Gasteiger partial charge in [-0.2, -0.15) is 0 Å². The SMILES string of the molecule is Cc1cn2cc(C3=Cc4ccc(C5CCN(CCO)CC5)cc4OC3)ccc2n1. The van der Waals surface area contributed by atoms with Crippen LogP contribution in [0, 0.1) is 6.92 Å². The molecule has 0 amide bonds. The largest absolute Gasteiger partial charge is 0.488 e. The van der Waals surface area contributed by atoms with Crippen LogP contribution < -0.4 is 4.74 Å². The van der Waals surface area contributed by atoms with Crippen LogP contribution in [-0.4, -0.2) is 52.2 Å². The van der Waals surface area contributed by atoms with E-state index >= 15 is 0 Å². The van der Waals surface area contributed by atoms with Gasteiger partial charge in [-0.05, 0) is 79.7 Å². The number of aryl methyl sites for hydroxylation is 1. The number of likely N-dealkylation sites (tertiary alicyclic amines) is 1. The van der Waals surface area contributed by atoms with Crippen molar-refractivity contribution in [1.82, 2.24) is 14.3 Å². The highest BCUT2D eigenvalue weighted by atomic mass is 16.5. The molecule has 1 aromatic carbocycles. The van der Waals surface area contributed by atoms with E-state index in [2.05, 4.69) is 63.1 Å². The minimum Gasteiger partial charge on any atom is -0.488 e.